The highest BCUT2D eigenvalue weighted by molar-refractivity contribution is 5.97. The Morgan fingerprint density at radius 2 is 1.47 bits per heavy atom. The quantitative estimate of drug-likeness (QED) is 0.442. The highest BCUT2D eigenvalue weighted by atomic mass is 35.5. The van der Waals surface area contributed by atoms with E-state index in [0.717, 1.165) is 39.1 Å². The number of rotatable bonds is 6. The molecule has 0 aliphatic carbocycles. The van der Waals surface area contributed by atoms with Gasteiger partial charge in [-0.25, -0.2) is 13.8 Å². The van der Waals surface area contributed by atoms with Crippen molar-refractivity contribution in [2.24, 2.45) is 0 Å². The summed E-state index contributed by atoms with van der Waals surface area (Å²) in [5, 5.41) is 6.53. The Kier molecular flexibility index (Phi) is 9.74. The smallest absolute Gasteiger partial charge is 0.255 e. The predicted octanol–water partition coefficient (Wildman–Crippen LogP) is 3.20. The van der Waals surface area contributed by atoms with Crippen LogP contribution in [0.25, 0.3) is 11.1 Å². The predicted molar refractivity (Wildman–Crippen MR) is 162 cm³/mol. The summed E-state index contributed by atoms with van der Waals surface area (Å²) in [6.07, 6.45) is 2.32. The van der Waals surface area contributed by atoms with E-state index in [2.05, 4.69) is 20.5 Å². The van der Waals surface area contributed by atoms with Gasteiger partial charge in [0.15, 0.2) is 0 Å². The van der Waals surface area contributed by atoms with Gasteiger partial charge in [-0.3, -0.25) is 9.59 Å². The fourth-order valence-electron chi connectivity index (χ4n) is 5.67. The summed E-state index contributed by atoms with van der Waals surface area (Å²) in [5.74, 6) is -0.853. The number of ether oxygens (including phenoxy) is 1. The van der Waals surface area contributed by atoms with Crippen molar-refractivity contribution in [2.75, 3.05) is 70.3 Å². The van der Waals surface area contributed by atoms with Crippen LogP contribution in [0.3, 0.4) is 0 Å². The monoisotopic (exact) mass is 612 g/mol. The number of anilines is 1. The standard InChI is InChI=1S/C31H34F2N6O3.ClH/c32-24-3-1-21(2-4-24)28-17-23(19-36-29(28)42-27-5-6-35-20-27)31(41)39-13-11-38(12-14-39)30(40)22-15-25(33)18-26(16-22)37-9-7-34-8-10-37;/h1-4,15-19,27,34-35H,5-14,20H2;1H. The van der Waals surface area contributed by atoms with E-state index in [1.54, 1.807) is 34.1 Å². The lowest BCUT2D eigenvalue weighted by atomic mass is 10.0. The third-order valence-electron chi connectivity index (χ3n) is 8.01. The van der Waals surface area contributed by atoms with Crippen molar-refractivity contribution < 1.29 is 23.1 Å². The van der Waals surface area contributed by atoms with Crippen molar-refractivity contribution in [1.29, 1.82) is 0 Å². The van der Waals surface area contributed by atoms with Crippen LogP contribution in [0.1, 0.15) is 27.1 Å². The number of benzene rings is 2. The van der Waals surface area contributed by atoms with E-state index in [-0.39, 0.29) is 36.1 Å². The van der Waals surface area contributed by atoms with E-state index in [9.17, 15) is 18.4 Å². The zero-order chi connectivity index (χ0) is 29.1. The summed E-state index contributed by atoms with van der Waals surface area (Å²) in [6.45, 7) is 6.02. The number of piperazine rings is 2. The first kappa shape index (κ1) is 30.7. The Hall–Kier alpha value is -3.80. The third kappa shape index (κ3) is 7.06. The fourth-order valence-corrected chi connectivity index (χ4v) is 5.67. The summed E-state index contributed by atoms with van der Waals surface area (Å²) < 4.78 is 34.3. The molecule has 9 nitrogen and oxygen atoms in total. The van der Waals surface area contributed by atoms with Gasteiger partial charge in [-0.2, -0.15) is 0 Å². The summed E-state index contributed by atoms with van der Waals surface area (Å²) in [4.78, 5) is 36.7. The van der Waals surface area contributed by atoms with Crippen LogP contribution in [0, 0.1) is 11.6 Å². The SMILES string of the molecule is Cl.O=C(c1cc(F)cc(N2CCNCC2)c1)N1CCN(C(=O)c2cnc(OC3CCNC3)c(-c3ccc(F)cc3)c2)CC1. The lowest BCUT2D eigenvalue weighted by molar-refractivity contribution is 0.0535. The third-order valence-corrected chi connectivity index (χ3v) is 8.01. The van der Waals surface area contributed by atoms with Gasteiger partial charge < -0.3 is 30.1 Å². The molecule has 2 aromatic carbocycles. The molecule has 12 heteroatoms. The Morgan fingerprint density at radius 3 is 2.12 bits per heavy atom. The number of carbonyl (C=O) groups excluding carboxylic acids is 2. The molecule has 1 aromatic heterocycles. The van der Waals surface area contributed by atoms with Crippen molar-refractivity contribution in [3.05, 3.63) is 77.5 Å². The maximum Gasteiger partial charge on any atom is 0.255 e. The van der Waals surface area contributed by atoms with E-state index in [4.69, 9.17) is 4.74 Å². The minimum atomic E-state index is -0.440. The zero-order valence-corrected chi connectivity index (χ0v) is 24.5. The van der Waals surface area contributed by atoms with E-state index in [1.165, 1.54) is 30.5 Å². The molecular formula is C31H35ClF2N6O3. The number of hydrogen-bond acceptors (Lipinski definition) is 7. The fraction of sp³-hybridized carbons (Fsp3) is 0.387. The molecule has 228 valence electrons. The first-order chi connectivity index (χ1) is 20.4. The lowest BCUT2D eigenvalue weighted by Gasteiger charge is -2.35. The van der Waals surface area contributed by atoms with Crippen molar-refractivity contribution in [1.82, 2.24) is 25.4 Å². The topological polar surface area (TPSA) is 90.0 Å². The minimum Gasteiger partial charge on any atom is -0.473 e. The van der Waals surface area contributed by atoms with Gasteiger partial charge in [0.05, 0.1) is 5.56 Å². The first-order valence-corrected chi connectivity index (χ1v) is 14.4. The Balaban J connectivity index is 0.00000368. The molecule has 1 unspecified atom stereocenters. The van der Waals surface area contributed by atoms with Crippen LogP contribution >= 0.6 is 12.4 Å². The number of halogens is 3. The number of pyridine rings is 1. The molecule has 4 heterocycles. The second-order valence-corrected chi connectivity index (χ2v) is 10.8. The molecule has 0 radical (unpaired) electrons. The summed E-state index contributed by atoms with van der Waals surface area (Å²) in [6, 6.07) is 12.3. The summed E-state index contributed by atoms with van der Waals surface area (Å²) in [7, 11) is 0. The number of nitrogens with zero attached hydrogens (tertiary/aromatic N) is 4. The van der Waals surface area contributed by atoms with E-state index in [0.29, 0.717) is 66.5 Å². The largest absolute Gasteiger partial charge is 0.473 e. The molecule has 1 atom stereocenters. The number of amides is 2. The molecule has 2 amide bonds. The molecule has 0 saturated carbocycles. The average Bonchev–Trinajstić information content (AvgIpc) is 3.54. The van der Waals surface area contributed by atoms with Crippen LogP contribution in [0.4, 0.5) is 14.5 Å². The first-order valence-electron chi connectivity index (χ1n) is 14.4. The normalized spacial score (nSPS) is 18.7. The number of hydrogen-bond donors (Lipinski definition) is 2. The maximum absolute atomic E-state index is 14.5. The highest BCUT2D eigenvalue weighted by Gasteiger charge is 2.28. The molecular weight excluding hydrogens is 578 g/mol. The van der Waals surface area contributed by atoms with Gasteiger partial charge in [-0.15, -0.1) is 12.4 Å². The average molecular weight is 613 g/mol. The van der Waals surface area contributed by atoms with Gasteiger partial charge >= 0.3 is 0 Å². The second-order valence-electron chi connectivity index (χ2n) is 10.8. The van der Waals surface area contributed by atoms with Crippen LogP contribution in [-0.2, 0) is 0 Å². The molecule has 2 N–H and O–H groups in total. The van der Waals surface area contributed by atoms with Crippen molar-refractivity contribution in [3.8, 4) is 17.0 Å². The molecule has 3 aliphatic heterocycles. The Labute approximate surface area is 255 Å². The van der Waals surface area contributed by atoms with Crippen LogP contribution in [-0.4, -0.2) is 98.1 Å². The van der Waals surface area contributed by atoms with Crippen molar-refractivity contribution in [3.63, 3.8) is 0 Å². The van der Waals surface area contributed by atoms with E-state index in [1.807, 2.05) is 0 Å². The number of carbonyl (C=O) groups is 2. The maximum atomic E-state index is 14.5. The van der Waals surface area contributed by atoms with E-state index < -0.39 is 5.82 Å². The molecule has 43 heavy (non-hydrogen) atoms. The molecule has 3 fully saturated rings. The van der Waals surface area contributed by atoms with Crippen LogP contribution in [0.5, 0.6) is 5.88 Å². The Morgan fingerprint density at radius 1 is 0.791 bits per heavy atom. The molecule has 0 spiro atoms. The molecule has 0 bridgehead atoms. The minimum absolute atomic E-state index is 0. The molecule has 3 aliphatic rings. The van der Waals surface area contributed by atoms with Gasteiger partial charge in [0, 0.05) is 81.9 Å². The molecule has 3 aromatic rings. The summed E-state index contributed by atoms with van der Waals surface area (Å²) in [5.41, 5.74) is 2.72. The highest BCUT2D eigenvalue weighted by Crippen LogP contribution is 2.31. The van der Waals surface area contributed by atoms with Gasteiger partial charge in [0.25, 0.3) is 11.8 Å². The van der Waals surface area contributed by atoms with Crippen LogP contribution in [0.15, 0.2) is 54.7 Å². The van der Waals surface area contributed by atoms with Crippen LogP contribution < -0.4 is 20.3 Å². The van der Waals surface area contributed by atoms with Gasteiger partial charge in [0.2, 0.25) is 5.88 Å². The number of nitrogens with one attached hydrogen (secondary N) is 2. The summed E-state index contributed by atoms with van der Waals surface area (Å²) >= 11 is 0. The van der Waals surface area contributed by atoms with Gasteiger partial charge in [-0.1, -0.05) is 12.1 Å². The number of aromatic nitrogens is 1. The molecule has 3 saturated heterocycles. The van der Waals surface area contributed by atoms with E-state index >= 15 is 0 Å². The lowest BCUT2D eigenvalue weighted by Crippen LogP contribution is -2.50. The molecule has 6 rings (SSSR count). The zero-order valence-electron chi connectivity index (χ0n) is 23.7. The Bertz CT molecular complexity index is 1440. The van der Waals surface area contributed by atoms with Gasteiger partial charge in [-0.05, 0) is 54.9 Å². The van der Waals surface area contributed by atoms with Gasteiger partial charge in [0.1, 0.15) is 17.7 Å². The van der Waals surface area contributed by atoms with Crippen molar-refractivity contribution >= 4 is 29.9 Å². The van der Waals surface area contributed by atoms with Crippen LogP contribution in [0.2, 0.25) is 0 Å². The second kappa shape index (κ2) is 13.7. The van der Waals surface area contributed by atoms with Crippen molar-refractivity contribution in [2.45, 2.75) is 12.5 Å².